The molecule has 1 N–H and O–H groups in total. The number of aromatic nitrogens is 2. The molecule has 2 aromatic rings. The lowest BCUT2D eigenvalue weighted by molar-refractivity contribution is -0.141. The van der Waals surface area contributed by atoms with Crippen molar-refractivity contribution in [2.75, 3.05) is 51.2 Å². The van der Waals surface area contributed by atoms with Crippen LogP contribution in [0.2, 0.25) is 0 Å². The Labute approximate surface area is 247 Å². The summed E-state index contributed by atoms with van der Waals surface area (Å²) in [5.41, 5.74) is 0.908. The van der Waals surface area contributed by atoms with Gasteiger partial charge in [-0.3, -0.25) is 8.98 Å². The summed E-state index contributed by atoms with van der Waals surface area (Å²) in [6, 6.07) is 5.56. The van der Waals surface area contributed by atoms with E-state index in [-0.39, 0.29) is 32.2 Å². The number of rotatable bonds is 12. The first-order valence-electron chi connectivity index (χ1n) is 13.5. The molecule has 0 bridgehead atoms. The Bertz CT molecular complexity index is 1520. The van der Waals surface area contributed by atoms with Crippen molar-refractivity contribution >= 4 is 27.8 Å². The topological polar surface area (TPSA) is 129 Å². The number of nitrogens with one attached hydrogen (secondary N) is 1. The zero-order valence-corrected chi connectivity index (χ0v) is 24.8. The Balaban J connectivity index is 1.49. The third-order valence-corrected chi connectivity index (χ3v) is 7.53. The van der Waals surface area contributed by atoms with E-state index >= 15 is 0 Å². The minimum absolute atomic E-state index is 0.0748. The van der Waals surface area contributed by atoms with Crippen molar-refractivity contribution in [3.05, 3.63) is 69.9 Å². The summed E-state index contributed by atoms with van der Waals surface area (Å²) in [7, 11) is -2.30. The van der Waals surface area contributed by atoms with E-state index in [4.69, 9.17) is 4.74 Å². The van der Waals surface area contributed by atoms with E-state index in [2.05, 4.69) is 19.3 Å². The first kappa shape index (κ1) is 32.2. The van der Waals surface area contributed by atoms with Gasteiger partial charge in [0.1, 0.15) is 11.4 Å². The molecule has 234 valence electrons. The van der Waals surface area contributed by atoms with Gasteiger partial charge in [0.05, 0.1) is 51.3 Å². The number of ether oxygens (including phenoxy) is 2. The molecule has 1 amide bonds. The van der Waals surface area contributed by atoms with Gasteiger partial charge in [0.2, 0.25) is 0 Å². The fraction of sp³-hybridized carbons (Fsp3) is 0.464. The summed E-state index contributed by atoms with van der Waals surface area (Å²) >= 11 is 0. The number of carbonyl (C=O) groups excluding carboxylic acids is 2. The number of anilines is 1. The summed E-state index contributed by atoms with van der Waals surface area (Å²) in [6.07, 6.45) is 1.37. The standard InChI is InChI=1S/C28H33F3N4O7S/c1-18(21-7-9-22(10-8-21)27(37)40-2)32-25(36)23-24(28(29,30)31)33-35-12-11-34(26(23)35)16-19-5-4-6-20(15-19)17-41-13-14-42-43(3,38)39/h6-10,15,18H,4-5,11-14,16-17H2,1-3H3,(H,32,36)/t18-/m0/s1. The van der Waals surface area contributed by atoms with Crippen LogP contribution in [0.3, 0.4) is 0 Å². The van der Waals surface area contributed by atoms with Gasteiger partial charge in [-0.2, -0.15) is 26.7 Å². The Morgan fingerprint density at radius 2 is 1.86 bits per heavy atom. The fourth-order valence-electron chi connectivity index (χ4n) is 4.93. The zero-order valence-electron chi connectivity index (χ0n) is 23.9. The second-order valence-corrected chi connectivity index (χ2v) is 11.8. The quantitative estimate of drug-likeness (QED) is 0.213. The normalized spacial score (nSPS) is 15.9. The van der Waals surface area contributed by atoms with E-state index in [1.807, 2.05) is 12.2 Å². The molecule has 2 aliphatic rings. The van der Waals surface area contributed by atoms with Crippen molar-refractivity contribution in [2.45, 2.75) is 38.5 Å². The van der Waals surface area contributed by atoms with Gasteiger partial charge in [-0.15, -0.1) is 0 Å². The maximum absolute atomic E-state index is 14.1. The highest BCUT2D eigenvalue weighted by Crippen LogP contribution is 2.39. The number of hydrogen-bond acceptors (Lipinski definition) is 9. The van der Waals surface area contributed by atoms with Gasteiger partial charge < -0.3 is 19.7 Å². The van der Waals surface area contributed by atoms with E-state index < -0.39 is 45.5 Å². The number of halogens is 3. The van der Waals surface area contributed by atoms with Gasteiger partial charge in [-0.25, -0.2) is 9.48 Å². The van der Waals surface area contributed by atoms with Crippen LogP contribution in [0.1, 0.15) is 57.8 Å². The van der Waals surface area contributed by atoms with E-state index in [9.17, 15) is 31.2 Å². The second-order valence-electron chi connectivity index (χ2n) is 10.2. The van der Waals surface area contributed by atoms with E-state index in [0.717, 1.165) is 17.4 Å². The van der Waals surface area contributed by atoms with Crippen molar-refractivity contribution in [3.8, 4) is 0 Å². The van der Waals surface area contributed by atoms with Gasteiger partial charge in [-0.05, 0) is 43.0 Å². The highest BCUT2D eigenvalue weighted by atomic mass is 32.2. The summed E-state index contributed by atoms with van der Waals surface area (Å²) in [4.78, 5) is 26.8. The minimum Gasteiger partial charge on any atom is -0.465 e. The van der Waals surface area contributed by atoms with Crippen LogP contribution in [0.5, 0.6) is 0 Å². The number of methoxy groups -OCH3 is 1. The summed E-state index contributed by atoms with van der Waals surface area (Å²) in [5.74, 6) is -1.34. The maximum atomic E-state index is 14.1. The number of fused-ring (bicyclic) bond motifs is 1. The van der Waals surface area contributed by atoms with Crippen LogP contribution in [0.15, 0.2) is 47.6 Å². The number of hydrogen-bond donors (Lipinski definition) is 1. The second kappa shape index (κ2) is 13.3. The Morgan fingerprint density at radius 1 is 1.14 bits per heavy atom. The Kier molecular flexibility index (Phi) is 9.97. The Morgan fingerprint density at radius 3 is 2.51 bits per heavy atom. The highest BCUT2D eigenvalue weighted by Gasteiger charge is 2.44. The molecule has 1 aromatic heterocycles. The average molecular weight is 627 g/mol. The van der Waals surface area contributed by atoms with Gasteiger partial charge in [0.25, 0.3) is 16.0 Å². The van der Waals surface area contributed by atoms with Crippen LogP contribution in [-0.4, -0.2) is 76.4 Å². The van der Waals surface area contributed by atoms with Crippen molar-refractivity contribution in [2.24, 2.45) is 0 Å². The average Bonchev–Trinajstić information content (AvgIpc) is 3.52. The van der Waals surface area contributed by atoms with Crippen LogP contribution >= 0.6 is 0 Å². The zero-order chi connectivity index (χ0) is 31.4. The molecule has 1 aliphatic carbocycles. The SMILES string of the molecule is COC(=O)c1ccc([C@H](C)NC(=O)c2c(C(F)(F)F)nn3c2N(CC2=CC(COCCOS(C)(=O)=O)=CCC2)CC3)cc1. The molecule has 1 atom stereocenters. The molecule has 2 heterocycles. The van der Waals surface area contributed by atoms with Gasteiger partial charge >= 0.3 is 12.1 Å². The molecule has 15 heteroatoms. The minimum atomic E-state index is -4.85. The van der Waals surface area contributed by atoms with Crippen LogP contribution < -0.4 is 10.2 Å². The van der Waals surface area contributed by atoms with Gasteiger partial charge in [-0.1, -0.05) is 29.9 Å². The predicted octanol–water partition coefficient (Wildman–Crippen LogP) is 3.64. The molecule has 1 aromatic carbocycles. The van der Waals surface area contributed by atoms with E-state index in [1.54, 1.807) is 24.0 Å². The van der Waals surface area contributed by atoms with Crippen LogP contribution in [0.25, 0.3) is 0 Å². The summed E-state index contributed by atoms with van der Waals surface area (Å²) in [5, 5.41) is 6.42. The number of nitrogens with zero attached hydrogens (tertiary/aromatic N) is 3. The van der Waals surface area contributed by atoms with Crippen molar-refractivity contribution in [3.63, 3.8) is 0 Å². The molecule has 0 saturated heterocycles. The first-order valence-corrected chi connectivity index (χ1v) is 15.3. The molecule has 0 unspecified atom stereocenters. The van der Waals surface area contributed by atoms with Gasteiger partial charge in [0, 0.05) is 13.1 Å². The summed E-state index contributed by atoms with van der Waals surface area (Å²) in [6.45, 7) is 2.68. The molecule has 43 heavy (non-hydrogen) atoms. The van der Waals surface area contributed by atoms with E-state index in [0.29, 0.717) is 37.1 Å². The lowest BCUT2D eigenvalue weighted by atomic mass is 9.99. The molecular weight excluding hydrogens is 593 g/mol. The fourth-order valence-corrected chi connectivity index (χ4v) is 5.30. The van der Waals surface area contributed by atoms with Crippen molar-refractivity contribution in [1.82, 2.24) is 15.1 Å². The van der Waals surface area contributed by atoms with Crippen LogP contribution in [-0.2, 0) is 36.5 Å². The molecule has 1 aliphatic heterocycles. The highest BCUT2D eigenvalue weighted by molar-refractivity contribution is 7.85. The molecule has 0 saturated carbocycles. The smallest absolute Gasteiger partial charge is 0.436 e. The number of alkyl halides is 3. The van der Waals surface area contributed by atoms with Crippen LogP contribution in [0, 0.1) is 0 Å². The number of benzene rings is 1. The van der Waals surface area contributed by atoms with Gasteiger partial charge in [0.15, 0.2) is 5.69 Å². The lowest BCUT2D eigenvalue weighted by Gasteiger charge is -2.23. The summed E-state index contributed by atoms with van der Waals surface area (Å²) < 4.78 is 80.4. The largest absolute Gasteiger partial charge is 0.465 e. The molecule has 11 nitrogen and oxygen atoms in total. The molecule has 0 radical (unpaired) electrons. The Hall–Kier alpha value is -3.69. The molecule has 0 fully saturated rings. The number of amides is 1. The van der Waals surface area contributed by atoms with Crippen LogP contribution in [0.4, 0.5) is 19.0 Å². The number of carbonyl (C=O) groups is 2. The third kappa shape index (κ3) is 8.24. The van der Waals surface area contributed by atoms with Crippen molar-refractivity contribution in [1.29, 1.82) is 0 Å². The third-order valence-electron chi connectivity index (χ3n) is 6.93. The predicted molar refractivity (Wildman–Crippen MR) is 150 cm³/mol. The molecule has 0 spiro atoms. The monoisotopic (exact) mass is 626 g/mol. The maximum Gasteiger partial charge on any atom is 0.436 e. The number of esters is 1. The first-order chi connectivity index (χ1) is 20.3. The van der Waals surface area contributed by atoms with Crippen molar-refractivity contribution < 1.29 is 44.8 Å². The van der Waals surface area contributed by atoms with E-state index in [1.165, 1.54) is 23.9 Å². The molecule has 4 rings (SSSR count). The molecular formula is C28H33F3N4O7S. The number of allylic oxidation sites excluding steroid dienone is 1. The lowest BCUT2D eigenvalue weighted by Crippen LogP contribution is -2.32.